The molecule has 0 saturated carbocycles. The summed E-state index contributed by atoms with van der Waals surface area (Å²) in [5.74, 6) is 0. The van der Waals surface area contributed by atoms with Crippen molar-refractivity contribution in [3.63, 3.8) is 0 Å². The Bertz CT molecular complexity index is 598. The van der Waals surface area contributed by atoms with Gasteiger partial charge in [-0.1, -0.05) is 27.7 Å². The molecule has 0 fully saturated rings. The van der Waals surface area contributed by atoms with Crippen molar-refractivity contribution in [2.75, 3.05) is 17.7 Å². The molecule has 0 aromatic heterocycles. The molecule has 4 heteroatoms. The first-order chi connectivity index (χ1) is 8.15. The first kappa shape index (κ1) is 11.0. The number of anilines is 3. The maximum absolute atomic E-state index is 5.84. The minimum atomic E-state index is 0.803. The summed E-state index contributed by atoms with van der Waals surface area (Å²) >= 11 is 5.29. The van der Waals surface area contributed by atoms with Gasteiger partial charge in [-0.25, -0.2) is 0 Å². The van der Waals surface area contributed by atoms with Crippen LogP contribution in [0.2, 0.25) is 0 Å². The fraction of sp³-hybridized carbons (Fsp3) is 0.0769. The Balaban J connectivity index is 2.17. The Morgan fingerprint density at radius 2 is 1.88 bits per heavy atom. The standard InChI is InChI=1S/C13H11BrN2S/c1-16-10-4-2-8(14)6-13(10)17-12-5-3-9(15)7-11(12)16/h2-7H,15H2,1H3. The van der Waals surface area contributed by atoms with E-state index in [0.717, 1.165) is 10.2 Å². The van der Waals surface area contributed by atoms with Crippen molar-refractivity contribution in [1.82, 2.24) is 0 Å². The average molecular weight is 307 g/mol. The van der Waals surface area contributed by atoms with Crippen LogP contribution in [-0.4, -0.2) is 7.05 Å². The van der Waals surface area contributed by atoms with Crippen molar-refractivity contribution >= 4 is 44.8 Å². The minimum Gasteiger partial charge on any atom is -0.399 e. The lowest BCUT2D eigenvalue weighted by Gasteiger charge is -2.29. The van der Waals surface area contributed by atoms with Gasteiger partial charge in [-0.3, -0.25) is 0 Å². The molecule has 0 spiro atoms. The number of nitrogen functional groups attached to an aromatic ring is 1. The third kappa shape index (κ3) is 1.81. The van der Waals surface area contributed by atoms with Crippen molar-refractivity contribution in [2.24, 2.45) is 0 Å². The third-order valence-electron chi connectivity index (χ3n) is 2.85. The summed E-state index contributed by atoms with van der Waals surface area (Å²) in [5.41, 5.74) is 9.04. The van der Waals surface area contributed by atoms with Crippen LogP contribution in [0.3, 0.4) is 0 Å². The first-order valence-corrected chi connectivity index (χ1v) is 6.87. The van der Waals surface area contributed by atoms with E-state index in [-0.39, 0.29) is 0 Å². The SMILES string of the molecule is CN1c2ccc(Br)cc2Sc2ccc(N)cc21. The summed E-state index contributed by atoms with van der Waals surface area (Å²) in [6.07, 6.45) is 0. The van der Waals surface area contributed by atoms with Gasteiger partial charge in [0.15, 0.2) is 0 Å². The fourth-order valence-electron chi connectivity index (χ4n) is 1.98. The molecule has 0 aliphatic carbocycles. The van der Waals surface area contributed by atoms with E-state index in [4.69, 9.17) is 5.73 Å². The smallest absolute Gasteiger partial charge is 0.0570 e. The van der Waals surface area contributed by atoms with E-state index in [0.29, 0.717) is 0 Å². The van der Waals surface area contributed by atoms with Gasteiger partial charge < -0.3 is 10.6 Å². The Morgan fingerprint density at radius 1 is 1.06 bits per heavy atom. The van der Waals surface area contributed by atoms with Crippen LogP contribution < -0.4 is 10.6 Å². The topological polar surface area (TPSA) is 29.3 Å². The van der Waals surface area contributed by atoms with Crippen LogP contribution in [0.15, 0.2) is 50.7 Å². The van der Waals surface area contributed by atoms with Gasteiger partial charge >= 0.3 is 0 Å². The molecule has 1 aliphatic heterocycles. The molecule has 1 aliphatic rings. The maximum Gasteiger partial charge on any atom is 0.0570 e. The van der Waals surface area contributed by atoms with Crippen molar-refractivity contribution < 1.29 is 0 Å². The number of nitrogens with zero attached hydrogens (tertiary/aromatic N) is 1. The summed E-state index contributed by atoms with van der Waals surface area (Å²) in [7, 11) is 2.07. The molecule has 0 bridgehead atoms. The number of fused-ring (bicyclic) bond motifs is 2. The highest BCUT2D eigenvalue weighted by Gasteiger charge is 2.20. The second kappa shape index (κ2) is 3.96. The van der Waals surface area contributed by atoms with Gasteiger partial charge in [0.1, 0.15) is 0 Å². The molecule has 0 saturated heterocycles. The molecule has 86 valence electrons. The van der Waals surface area contributed by atoms with Crippen LogP contribution in [0.5, 0.6) is 0 Å². The average Bonchev–Trinajstić information content (AvgIpc) is 2.30. The van der Waals surface area contributed by atoms with Gasteiger partial charge in [0.2, 0.25) is 0 Å². The molecule has 2 nitrogen and oxygen atoms in total. The van der Waals surface area contributed by atoms with Gasteiger partial charge in [0.25, 0.3) is 0 Å². The lowest BCUT2D eigenvalue weighted by Crippen LogP contribution is -2.14. The Morgan fingerprint density at radius 3 is 2.71 bits per heavy atom. The van der Waals surface area contributed by atoms with Crippen molar-refractivity contribution in [1.29, 1.82) is 0 Å². The summed E-state index contributed by atoms with van der Waals surface area (Å²) < 4.78 is 1.11. The Kier molecular flexibility index (Phi) is 2.56. The van der Waals surface area contributed by atoms with Crippen LogP contribution in [0, 0.1) is 0 Å². The second-order valence-electron chi connectivity index (χ2n) is 4.00. The van der Waals surface area contributed by atoms with Gasteiger partial charge in [-0.15, -0.1) is 0 Å². The molecule has 3 rings (SSSR count). The third-order valence-corrected chi connectivity index (χ3v) is 4.45. The summed E-state index contributed by atoms with van der Waals surface area (Å²) in [5, 5.41) is 0. The quantitative estimate of drug-likeness (QED) is 0.737. The van der Waals surface area contributed by atoms with Gasteiger partial charge in [0, 0.05) is 27.0 Å². The van der Waals surface area contributed by atoms with Crippen molar-refractivity contribution in [3.05, 3.63) is 40.9 Å². The Hall–Kier alpha value is -1.13. The van der Waals surface area contributed by atoms with E-state index in [1.165, 1.54) is 21.2 Å². The largest absolute Gasteiger partial charge is 0.399 e. The van der Waals surface area contributed by atoms with E-state index in [1.54, 1.807) is 11.8 Å². The number of halogens is 1. The molecule has 17 heavy (non-hydrogen) atoms. The lowest BCUT2D eigenvalue weighted by atomic mass is 10.2. The molecule has 1 heterocycles. The van der Waals surface area contributed by atoms with E-state index in [9.17, 15) is 0 Å². The lowest BCUT2D eigenvalue weighted by molar-refractivity contribution is 1.11. The molecule has 0 amide bonds. The molecule has 0 unspecified atom stereocenters. The zero-order valence-electron chi connectivity index (χ0n) is 9.27. The summed E-state index contributed by atoms with van der Waals surface area (Å²) in [6, 6.07) is 12.4. The maximum atomic E-state index is 5.84. The zero-order chi connectivity index (χ0) is 12.0. The zero-order valence-corrected chi connectivity index (χ0v) is 11.7. The fourth-order valence-corrected chi connectivity index (χ4v) is 3.66. The van der Waals surface area contributed by atoms with Gasteiger partial charge in [0.05, 0.1) is 11.4 Å². The number of benzene rings is 2. The highest BCUT2D eigenvalue weighted by molar-refractivity contribution is 9.10. The minimum absolute atomic E-state index is 0.803. The molecule has 2 N–H and O–H groups in total. The monoisotopic (exact) mass is 306 g/mol. The van der Waals surface area contributed by atoms with Crippen LogP contribution in [0.4, 0.5) is 17.1 Å². The number of hydrogen-bond donors (Lipinski definition) is 1. The molecule has 0 radical (unpaired) electrons. The Labute approximate surface area is 113 Å². The molecule has 0 atom stereocenters. The van der Waals surface area contributed by atoms with Crippen molar-refractivity contribution in [2.45, 2.75) is 9.79 Å². The van der Waals surface area contributed by atoms with E-state index in [2.05, 4.69) is 52.1 Å². The predicted octanol–water partition coefficient (Wildman–Crippen LogP) is 4.26. The highest BCUT2D eigenvalue weighted by atomic mass is 79.9. The number of hydrogen-bond acceptors (Lipinski definition) is 3. The summed E-state index contributed by atoms with van der Waals surface area (Å²) in [4.78, 5) is 4.69. The highest BCUT2D eigenvalue weighted by Crippen LogP contribution is 2.48. The molecular formula is C13H11BrN2S. The van der Waals surface area contributed by atoms with Crippen LogP contribution in [-0.2, 0) is 0 Å². The van der Waals surface area contributed by atoms with E-state index < -0.39 is 0 Å². The van der Waals surface area contributed by atoms with Crippen LogP contribution in [0.25, 0.3) is 0 Å². The molecule has 2 aromatic carbocycles. The predicted molar refractivity (Wildman–Crippen MR) is 77.2 cm³/mol. The second-order valence-corrected chi connectivity index (χ2v) is 6.00. The molecule has 2 aromatic rings. The van der Waals surface area contributed by atoms with Crippen LogP contribution in [0.1, 0.15) is 0 Å². The van der Waals surface area contributed by atoms with E-state index in [1.807, 2.05) is 12.1 Å². The van der Waals surface area contributed by atoms with Crippen LogP contribution >= 0.6 is 27.7 Å². The molecular weight excluding hydrogens is 296 g/mol. The van der Waals surface area contributed by atoms with Gasteiger partial charge in [-0.05, 0) is 36.4 Å². The first-order valence-electron chi connectivity index (χ1n) is 5.26. The van der Waals surface area contributed by atoms with Crippen molar-refractivity contribution in [3.8, 4) is 0 Å². The summed E-state index contributed by atoms with van der Waals surface area (Å²) in [6.45, 7) is 0. The van der Waals surface area contributed by atoms with Gasteiger partial charge in [-0.2, -0.15) is 0 Å². The number of nitrogens with two attached hydrogens (primary N) is 1. The van der Waals surface area contributed by atoms with E-state index >= 15 is 0 Å². The number of rotatable bonds is 0. The normalized spacial score (nSPS) is 13.2.